The van der Waals surface area contributed by atoms with Crippen LogP contribution in [0.4, 0.5) is 14.5 Å². The zero-order valence-corrected chi connectivity index (χ0v) is 16.2. The Labute approximate surface area is 162 Å². The van der Waals surface area contributed by atoms with Gasteiger partial charge in [0.05, 0.1) is 11.9 Å². The molecule has 9 heteroatoms. The number of hydrogen-bond acceptors (Lipinski definition) is 3. The molecule has 0 aliphatic heterocycles. The van der Waals surface area contributed by atoms with Crippen molar-refractivity contribution < 1.29 is 22.0 Å². The third kappa shape index (κ3) is 6.48. The zero-order chi connectivity index (χ0) is 20.0. The standard InChI is InChI=1S/C18H19ClF2N2O3S/c1-27(25,26)23(17-9-8-15(20)11-16(17)21)12-18(24)22-10-2-3-13-4-6-14(19)7-5-13/h4-9,11H,2-3,10,12H2,1H3,(H,22,24). The number of sulfonamides is 1. The van der Waals surface area contributed by atoms with Crippen molar-refractivity contribution in [3.8, 4) is 0 Å². The molecule has 27 heavy (non-hydrogen) atoms. The summed E-state index contributed by atoms with van der Waals surface area (Å²) in [6.45, 7) is -0.271. The van der Waals surface area contributed by atoms with Gasteiger partial charge in [0.25, 0.3) is 0 Å². The van der Waals surface area contributed by atoms with Gasteiger partial charge in [0.15, 0.2) is 0 Å². The first-order chi connectivity index (χ1) is 12.7. The van der Waals surface area contributed by atoms with Gasteiger partial charge >= 0.3 is 0 Å². The zero-order valence-electron chi connectivity index (χ0n) is 14.6. The van der Waals surface area contributed by atoms with Crippen molar-refractivity contribution in [3.63, 3.8) is 0 Å². The molecule has 1 N–H and O–H groups in total. The monoisotopic (exact) mass is 416 g/mol. The van der Waals surface area contributed by atoms with E-state index in [0.717, 1.165) is 24.0 Å². The number of benzene rings is 2. The van der Waals surface area contributed by atoms with Crippen molar-refractivity contribution in [1.29, 1.82) is 0 Å². The van der Waals surface area contributed by atoms with E-state index in [9.17, 15) is 22.0 Å². The number of hydrogen-bond donors (Lipinski definition) is 1. The number of halogens is 3. The number of carbonyl (C=O) groups excluding carboxylic acids is 1. The van der Waals surface area contributed by atoms with Crippen molar-refractivity contribution in [2.75, 3.05) is 23.7 Å². The van der Waals surface area contributed by atoms with Crippen LogP contribution in [0.25, 0.3) is 0 Å². The average Bonchev–Trinajstić information content (AvgIpc) is 2.58. The number of anilines is 1. The largest absolute Gasteiger partial charge is 0.355 e. The molecular formula is C18H19ClF2N2O3S. The Morgan fingerprint density at radius 3 is 2.41 bits per heavy atom. The molecule has 0 atom stereocenters. The molecule has 0 radical (unpaired) electrons. The van der Waals surface area contributed by atoms with Gasteiger partial charge in [0.1, 0.15) is 18.2 Å². The minimum atomic E-state index is -3.93. The normalized spacial score (nSPS) is 11.3. The Morgan fingerprint density at radius 2 is 1.81 bits per heavy atom. The van der Waals surface area contributed by atoms with Gasteiger partial charge in [-0.15, -0.1) is 0 Å². The summed E-state index contributed by atoms with van der Waals surface area (Å²) in [6.07, 6.45) is 2.20. The van der Waals surface area contributed by atoms with Crippen molar-refractivity contribution in [2.45, 2.75) is 12.8 Å². The summed E-state index contributed by atoms with van der Waals surface area (Å²) in [5.74, 6) is -2.48. The SMILES string of the molecule is CS(=O)(=O)N(CC(=O)NCCCc1ccc(Cl)cc1)c1ccc(F)cc1F. The van der Waals surface area contributed by atoms with E-state index in [0.29, 0.717) is 34.8 Å². The van der Waals surface area contributed by atoms with Crippen LogP contribution in [0.2, 0.25) is 5.02 Å². The van der Waals surface area contributed by atoms with E-state index in [-0.39, 0.29) is 5.69 Å². The predicted molar refractivity (Wildman–Crippen MR) is 101 cm³/mol. The van der Waals surface area contributed by atoms with Crippen molar-refractivity contribution in [3.05, 3.63) is 64.7 Å². The van der Waals surface area contributed by atoms with Crippen LogP contribution >= 0.6 is 11.6 Å². The molecule has 2 aromatic rings. The van der Waals surface area contributed by atoms with Crippen LogP contribution < -0.4 is 9.62 Å². The van der Waals surface area contributed by atoms with Crippen molar-refractivity contribution >= 4 is 33.2 Å². The molecule has 2 aromatic carbocycles. The predicted octanol–water partition coefficient (Wildman–Crippen LogP) is 3.13. The molecule has 0 aromatic heterocycles. The molecule has 0 saturated heterocycles. The molecule has 0 aliphatic rings. The van der Waals surface area contributed by atoms with E-state index in [1.165, 1.54) is 0 Å². The number of rotatable bonds is 8. The lowest BCUT2D eigenvalue weighted by molar-refractivity contribution is -0.119. The molecule has 0 unspecified atom stereocenters. The molecule has 0 aliphatic carbocycles. The average molecular weight is 417 g/mol. The molecule has 1 amide bonds. The van der Waals surface area contributed by atoms with Crippen LogP contribution in [-0.2, 0) is 21.2 Å². The summed E-state index contributed by atoms with van der Waals surface area (Å²) in [7, 11) is -3.93. The fraction of sp³-hybridized carbons (Fsp3) is 0.278. The molecular weight excluding hydrogens is 398 g/mol. The summed E-state index contributed by atoms with van der Waals surface area (Å²) >= 11 is 5.81. The highest BCUT2D eigenvalue weighted by atomic mass is 35.5. The second-order valence-corrected chi connectivity index (χ2v) is 8.29. The van der Waals surface area contributed by atoms with Crippen molar-refractivity contribution in [2.24, 2.45) is 0 Å². The van der Waals surface area contributed by atoms with Crippen LogP contribution in [0.15, 0.2) is 42.5 Å². The first kappa shape index (κ1) is 21.1. The minimum absolute atomic E-state index is 0.324. The second kappa shape index (κ2) is 9.14. The van der Waals surface area contributed by atoms with E-state index < -0.39 is 34.1 Å². The molecule has 146 valence electrons. The molecule has 0 spiro atoms. The van der Waals surface area contributed by atoms with Gasteiger partial charge in [-0.3, -0.25) is 9.10 Å². The minimum Gasteiger partial charge on any atom is -0.355 e. The Morgan fingerprint density at radius 1 is 1.15 bits per heavy atom. The maximum atomic E-state index is 13.9. The van der Waals surface area contributed by atoms with Crippen molar-refractivity contribution in [1.82, 2.24) is 5.32 Å². The Balaban J connectivity index is 1.93. The summed E-state index contributed by atoms with van der Waals surface area (Å²) in [5, 5.41) is 3.24. The van der Waals surface area contributed by atoms with Gasteiger partial charge < -0.3 is 5.32 Å². The third-order valence-corrected chi connectivity index (χ3v) is 5.12. The first-order valence-electron chi connectivity index (χ1n) is 8.11. The van der Waals surface area contributed by atoms with E-state index >= 15 is 0 Å². The highest BCUT2D eigenvalue weighted by molar-refractivity contribution is 7.92. The van der Waals surface area contributed by atoms with Gasteiger partial charge in [-0.05, 0) is 42.7 Å². The fourth-order valence-corrected chi connectivity index (χ4v) is 3.41. The van der Waals surface area contributed by atoms with Gasteiger partial charge in [-0.25, -0.2) is 17.2 Å². The summed E-state index contributed by atoms with van der Waals surface area (Å²) in [4.78, 5) is 12.1. The van der Waals surface area contributed by atoms with Gasteiger partial charge in [0, 0.05) is 17.6 Å². The molecule has 0 saturated carbocycles. The maximum Gasteiger partial charge on any atom is 0.240 e. The van der Waals surface area contributed by atoms with Crippen LogP contribution in [0.5, 0.6) is 0 Å². The molecule has 2 rings (SSSR count). The summed E-state index contributed by atoms with van der Waals surface area (Å²) in [5.41, 5.74) is 0.676. The Hall–Kier alpha value is -2.19. The molecule has 5 nitrogen and oxygen atoms in total. The molecule has 0 bridgehead atoms. The quantitative estimate of drug-likeness (QED) is 0.672. The van der Waals surface area contributed by atoms with Crippen LogP contribution in [-0.4, -0.2) is 33.7 Å². The lowest BCUT2D eigenvalue weighted by Crippen LogP contribution is -2.41. The van der Waals surface area contributed by atoms with Gasteiger partial charge in [0.2, 0.25) is 15.9 Å². The lowest BCUT2D eigenvalue weighted by Gasteiger charge is -2.22. The number of aryl methyl sites for hydroxylation is 1. The van der Waals surface area contributed by atoms with Crippen LogP contribution in [0.3, 0.4) is 0 Å². The lowest BCUT2D eigenvalue weighted by atomic mass is 10.1. The smallest absolute Gasteiger partial charge is 0.240 e. The maximum absolute atomic E-state index is 13.9. The first-order valence-corrected chi connectivity index (χ1v) is 10.3. The van der Waals surface area contributed by atoms with E-state index in [4.69, 9.17) is 11.6 Å². The van der Waals surface area contributed by atoms with E-state index in [1.807, 2.05) is 12.1 Å². The highest BCUT2D eigenvalue weighted by Gasteiger charge is 2.23. The number of nitrogens with one attached hydrogen (secondary N) is 1. The topological polar surface area (TPSA) is 66.5 Å². The third-order valence-electron chi connectivity index (χ3n) is 3.74. The number of nitrogens with zero attached hydrogens (tertiary/aromatic N) is 1. The fourth-order valence-electron chi connectivity index (χ4n) is 2.42. The van der Waals surface area contributed by atoms with E-state index in [1.54, 1.807) is 12.1 Å². The van der Waals surface area contributed by atoms with Gasteiger partial charge in [-0.2, -0.15) is 0 Å². The van der Waals surface area contributed by atoms with Crippen LogP contribution in [0.1, 0.15) is 12.0 Å². The molecule has 0 fully saturated rings. The highest BCUT2D eigenvalue weighted by Crippen LogP contribution is 2.22. The Kier molecular flexibility index (Phi) is 7.15. The summed E-state index contributed by atoms with van der Waals surface area (Å²) < 4.78 is 51.4. The number of carbonyl (C=O) groups is 1. The van der Waals surface area contributed by atoms with E-state index in [2.05, 4.69) is 5.32 Å². The summed E-state index contributed by atoms with van der Waals surface area (Å²) in [6, 6.07) is 9.80. The van der Waals surface area contributed by atoms with Crippen LogP contribution in [0, 0.1) is 11.6 Å². The second-order valence-electron chi connectivity index (χ2n) is 5.95. The van der Waals surface area contributed by atoms with Gasteiger partial charge in [-0.1, -0.05) is 23.7 Å². The Bertz CT molecular complexity index is 905. The number of amides is 1. The molecule has 0 heterocycles.